The Kier molecular flexibility index (Phi) is 5.04. The van der Waals surface area contributed by atoms with Crippen LogP contribution in [0.15, 0.2) is 28.7 Å². The van der Waals surface area contributed by atoms with Crippen LogP contribution in [0.5, 0.6) is 0 Å². The van der Waals surface area contributed by atoms with Gasteiger partial charge in [-0.3, -0.25) is 4.90 Å². The lowest BCUT2D eigenvalue weighted by Crippen LogP contribution is -2.62. The minimum absolute atomic E-state index is 0.265. The maximum atomic E-state index is 3.69. The van der Waals surface area contributed by atoms with E-state index in [1.807, 2.05) is 0 Å². The van der Waals surface area contributed by atoms with E-state index in [1.54, 1.807) is 0 Å². The molecule has 2 atom stereocenters. The first-order valence-corrected chi connectivity index (χ1v) is 8.10. The summed E-state index contributed by atoms with van der Waals surface area (Å²) in [5.41, 5.74) is 1.65. The number of hydrogen-bond donors (Lipinski definition) is 1. The van der Waals surface area contributed by atoms with E-state index < -0.39 is 0 Å². The molecule has 1 fully saturated rings. The number of benzene rings is 1. The van der Waals surface area contributed by atoms with Gasteiger partial charge < -0.3 is 5.32 Å². The highest BCUT2D eigenvalue weighted by Gasteiger charge is 2.35. The number of hydrogen-bond acceptors (Lipinski definition) is 2. The van der Waals surface area contributed by atoms with Gasteiger partial charge in [-0.05, 0) is 31.4 Å². The summed E-state index contributed by atoms with van der Waals surface area (Å²) >= 11 is 3.67. The van der Waals surface area contributed by atoms with Crippen LogP contribution in [0.2, 0.25) is 0 Å². The van der Waals surface area contributed by atoms with Crippen molar-refractivity contribution in [2.45, 2.75) is 51.7 Å². The first kappa shape index (κ1) is 15.0. The van der Waals surface area contributed by atoms with Crippen LogP contribution in [0.25, 0.3) is 0 Å². The molecule has 0 bridgehead atoms. The van der Waals surface area contributed by atoms with E-state index in [-0.39, 0.29) is 5.54 Å². The maximum absolute atomic E-state index is 3.69. The Morgan fingerprint density at radius 3 is 2.74 bits per heavy atom. The second-order valence-corrected chi connectivity index (χ2v) is 6.66. The predicted octanol–water partition coefficient (Wildman–Crippen LogP) is 3.80. The molecule has 1 saturated heterocycles. The summed E-state index contributed by atoms with van der Waals surface area (Å²) in [6.07, 6.45) is 2.38. The van der Waals surface area contributed by atoms with Crippen LogP contribution in [0, 0.1) is 0 Å². The van der Waals surface area contributed by atoms with Gasteiger partial charge in [-0.25, -0.2) is 0 Å². The Bertz CT molecular complexity index is 421. The lowest BCUT2D eigenvalue weighted by atomic mass is 9.91. The molecule has 0 radical (unpaired) electrons. The van der Waals surface area contributed by atoms with Gasteiger partial charge in [0, 0.05) is 35.7 Å². The van der Waals surface area contributed by atoms with Gasteiger partial charge >= 0.3 is 0 Å². The fourth-order valence-corrected chi connectivity index (χ4v) is 3.15. The molecular weight excluding hydrogens is 300 g/mol. The van der Waals surface area contributed by atoms with Gasteiger partial charge in [0.05, 0.1) is 0 Å². The standard InChI is InChI=1S/C16H25BrN2/c1-4-14-11-19(16(3,5-2)12-18-14)10-13-8-6-7-9-15(13)17/h6-9,14,18H,4-5,10-12H2,1-3H3. The number of nitrogens with one attached hydrogen (secondary N) is 1. The number of halogens is 1. The van der Waals surface area contributed by atoms with Crippen LogP contribution in [0.1, 0.15) is 39.2 Å². The summed E-state index contributed by atoms with van der Waals surface area (Å²) in [6, 6.07) is 9.20. The van der Waals surface area contributed by atoms with Crippen molar-refractivity contribution >= 4 is 15.9 Å². The quantitative estimate of drug-likeness (QED) is 0.906. The third-order valence-electron chi connectivity index (χ3n) is 4.55. The third-order valence-corrected chi connectivity index (χ3v) is 5.32. The minimum Gasteiger partial charge on any atom is -0.311 e. The average Bonchev–Trinajstić information content (AvgIpc) is 2.43. The van der Waals surface area contributed by atoms with Gasteiger partial charge in [-0.15, -0.1) is 0 Å². The molecule has 1 N–H and O–H groups in total. The molecule has 0 spiro atoms. The second kappa shape index (κ2) is 6.38. The molecule has 0 aromatic heterocycles. The van der Waals surface area contributed by atoms with Crippen LogP contribution >= 0.6 is 15.9 Å². The molecule has 2 unspecified atom stereocenters. The second-order valence-electron chi connectivity index (χ2n) is 5.81. The number of nitrogens with zero attached hydrogens (tertiary/aromatic N) is 1. The van der Waals surface area contributed by atoms with Crippen LogP contribution in [0.4, 0.5) is 0 Å². The molecule has 1 aromatic carbocycles. The molecule has 1 aliphatic heterocycles. The summed E-state index contributed by atoms with van der Waals surface area (Å²) in [5.74, 6) is 0. The first-order valence-electron chi connectivity index (χ1n) is 7.31. The molecular formula is C16H25BrN2. The largest absolute Gasteiger partial charge is 0.311 e. The van der Waals surface area contributed by atoms with Crippen LogP contribution in [-0.2, 0) is 6.54 Å². The normalized spacial score (nSPS) is 28.5. The molecule has 106 valence electrons. The molecule has 1 aromatic rings. The zero-order chi connectivity index (χ0) is 13.9. The monoisotopic (exact) mass is 324 g/mol. The van der Waals surface area contributed by atoms with Crippen LogP contribution in [0.3, 0.4) is 0 Å². The van der Waals surface area contributed by atoms with Crippen molar-refractivity contribution in [1.29, 1.82) is 0 Å². The van der Waals surface area contributed by atoms with E-state index >= 15 is 0 Å². The molecule has 1 aliphatic rings. The molecule has 0 aliphatic carbocycles. The van der Waals surface area contributed by atoms with Crippen molar-refractivity contribution in [3.8, 4) is 0 Å². The summed E-state index contributed by atoms with van der Waals surface area (Å²) < 4.78 is 1.22. The minimum atomic E-state index is 0.265. The maximum Gasteiger partial charge on any atom is 0.0307 e. The Morgan fingerprint density at radius 1 is 1.37 bits per heavy atom. The molecule has 2 nitrogen and oxygen atoms in total. The number of piperazine rings is 1. The van der Waals surface area contributed by atoms with E-state index in [0.29, 0.717) is 6.04 Å². The van der Waals surface area contributed by atoms with E-state index in [2.05, 4.69) is 71.2 Å². The Hall–Kier alpha value is -0.380. The van der Waals surface area contributed by atoms with E-state index in [4.69, 9.17) is 0 Å². The third kappa shape index (κ3) is 3.39. The topological polar surface area (TPSA) is 15.3 Å². The van der Waals surface area contributed by atoms with E-state index in [1.165, 1.54) is 22.9 Å². The lowest BCUT2D eigenvalue weighted by Gasteiger charge is -2.48. The molecule has 0 amide bonds. The first-order chi connectivity index (χ1) is 9.09. The molecule has 19 heavy (non-hydrogen) atoms. The lowest BCUT2D eigenvalue weighted by molar-refractivity contribution is 0.0406. The van der Waals surface area contributed by atoms with E-state index in [0.717, 1.165) is 19.6 Å². The van der Waals surface area contributed by atoms with Crippen molar-refractivity contribution in [3.05, 3.63) is 34.3 Å². The van der Waals surface area contributed by atoms with Crippen molar-refractivity contribution in [3.63, 3.8) is 0 Å². The van der Waals surface area contributed by atoms with Gasteiger partial charge in [0.2, 0.25) is 0 Å². The van der Waals surface area contributed by atoms with Crippen molar-refractivity contribution in [2.24, 2.45) is 0 Å². The predicted molar refractivity (Wildman–Crippen MR) is 85.3 cm³/mol. The summed E-state index contributed by atoms with van der Waals surface area (Å²) in [4.78, 5) is 2.65. The summed E-state index contributed by atoms with van der Waals surface area (Å²) in [5, 5.41) is 3.69. The fourth-order valence-electron chi connectivity index (χ4n) is 2.74. The SMILES string of the molecule is CCC1CN(Cc2ccccc2Br)C(C)(CC)CN1. The Labute approximate surface area is 125 Å². The van der Waals surface area contributed by atoms with Crippen LogP contribution in [-0.4, -0.2) is 29.6 Å². The molecule has 1 heterocycles. The summed E-state index contributed by atoms with van der Waals surface area (Å²) in [6.45, 7) is 10.2. The van der Waals surface area contributed by atoms with Crippen molar-refractivity contribution in [1.82, 2.24) is 10.2 Å². The fraction of sp³-hybridized carbons (Fsp3) is 0.625. The smallest absolute Gasteiger partial charge is 0.0307 e. The molecule has 2 rings (SSSR count). The van der Waals surface area contributed by atoms with Crippen molar-refractivity contribution in [2.75, 3.05) is 13.1 Å². The van der Waals surface area contributed by atoms with Gasteiger partial charge in [0.1, 0.15) is 0 Å². The number of rotatable bonds is 4. The van der Waals surface area contributed by atoms with Crippen molar-refractivity contribution < 1.29 is 0 Å². The zero-order valence-corrected chi connectivity index (χ0v) is 13.8. The highest BCUT2D eigenvalue weighted by Crippen LogP contribution is 2.27. The Morgan fingerprint density at radius 2 is 2.11 bits per heavy atom. The molecule has 3 heteroatoms. The average molecular weight is 325 g/mol. The van der Waals surface area contributed by atoms with Gasteiger partial charge in [-0.1, -0.05) is 48.0 Å². The highest BCUT2D eigenvalue weighted by atomic mass is 79.9. The Balaban J connectivity index is 2.16. The van der Waals surface area contributed by atoms with Gasteiger partial charge in [0.15, 0.2) is 0 Å². The van der Waals surface area contributed by atoms with Gasteiger partial charge in [-0.2, -0.15) is 0 Å². The van der Waals surface area contributed by atoms with Gasteiger partial charge in [0.25, 0.3) is 0 Å². The van der Waals surface area contributed by atoms with E-state index in [9.17, 15) is 0 Å². The zero-order valence-electron chi connectivity index (χ0n) is 12.2. The summed E-state index contributed by atoms with van der Waals surface area (Å²) in [7, 11) is 0. The van der Waals surface area contributed by atoms with Crippen LogP contribution < -0.4 is 5.32 Å². The highest BCUT2D eigenvalue weighted by molar-refractivity contribution is 9.10. The molecule has 0 saturated carbocycles.